The molecule has 0 fully saturated rings. The first kappa shape index (κ1) is 35.0. The number of amides is 4. The molecule has 208 valence electrons. The summed E-state index contributed by atoms with van der Waals surface area (Å²) in [6.45, 7) is 0. The van der Waals surface area contributed by atoms with Crippen molar-refractivity contribution < 1.29 is 39.6 Å². The minimum Gasteiger partial charge on any atom is -0.530 e. The van der Waals surface area contributed by atoms with Crippen LogP contribution in [0.3, 0.4) is 0 Å². The standard InChI is InChI=1S/4C7H7NO2.C/c4*9-7(10)8-6-4-2-1-3-5-6;/h4*1-5,8H,(H,9,10);/q;;;;+4/p-4. The Morgan fingerprint density at radius 3 is 0.610 bits per heavy atom. The molecule has 0 radical (unpaired) electrons. The van der Waals surface area contributed by atoms with E-state index in [1.54, 1.807) is 121 Å². The van der Waals surface area contributed by atoms with Gasteiger partial charge in [-0.25, -0.2) is 0 Å². The molecule has 0 aliphatic heterocycles. The normalized spacial score (nSPS) is 8.59. The van der Waals surface area contributed by atoms with Crippen LogP contribution in [0.5, 0.6) is 0 Å². The summed E-state index contributed by atoms with van der Waals surface area (Å²) in [5.41, 5.74) is 2.12. The summed E-state index contributed by atoms with van der Waals surface area (Å²) >= 11 is 0. The molecule has 0 heterocycles. The fourth-order valence-corrected chi connectivity index (χ4v) is 2.56. The minimum absolute atomic E-state index is 0. The second-order valence-corrected chi connectivity index (χ2v) is 7.11. The third-order valence-corrected chi connectivity index (χ3v) is 4.08. The van der Waals surface area contributed by atoms with Crippen molar-refractivity contribution in [2.75, 3.05) is 21.3 Å². The van der Waals surface area contributed by atoms with Gasteiger partial charge in [-0.3, -0.25) is 0 Å². The molecule has 0 unspecified atom stereocenters. The molecule has 4 aromatic rings. The van der Waals surface area contributed by atoms with Gasteiger partial charge in [0.1, 0.15) is 24.4 Å². The average molecular weight is 557 g/mol. The molecule has 0 aliphatic rings. The van der Waals surface area contributed by atoms with Gasteiger partial charge in [0, 0.05) is 22.7 Å². The number of nitrogens with one attached hydrogen (secondary N) is 4. The van der Waals surface area contributed by atoms with Crippen LogP contribution in [0, 0.1) is 7.43 Å². The van der Waals surface area contributed by atoms with Gasteiger partial charge in [-0.15, -0.1) is 0 Å². The first-order valence-corrected chi connectivity index (χ1v) is 11.3. The molecule has 4 rings (SSSR count). The van der Waals surface area contributed by atoms with Gasteiger partial charge in [-0.1, -0.05) is 72.8 Å². The molecular weight excluding hydrogens is 532 g/mol. The second kappa shape index (κ2) is 21.0. The van der Waals surface area contributed by atoms with Gasteiger partial charge in [0.15, 0.2) is 0 Å². The summed E-state index contributed by atoms with van der Waals surface area (Å²) < 4.78 is 0. The van der Waals surface area contributed by atoms with Crippen molar-refractivity contribution in [2.45, 2.75) is 0 Å². The topological polar surface area (TPSA) is 209 Å². The van der Waals surface area contributed by atoms with E-state index in [0.717, 1.165) is 0 Å². The van der Waals surface area contributed by atoms with E-state index in [1.165, 1.54) is 0 Å². The number of para-hydroxylation sites is 4. The number of carbonyl (C=O) groups is 4. The maximum Gasteiger partial charge on any atom is 4.00 e. The largest absolute Gasteiger partial charge is 4.00 e. The van der Waals surface area contributed by atoms with Gasteiger partial charge in [0.25, 0.3) is 0 Å². The SMILES string of the molecule is O=C([O-])Nc1ccccc1.O=C([O-])Nc1ccccc1.O=C([O-])Nc1ccccc1.O=C([O-])Nc1ccccc1.[C+4]. The third kappa shape index (κ3) is 19.7. The Labute approximate surface area is 236 Å². The molecule has 4 aromatic carbocycles. The zero-order valence-electron chi connectivity index (χ0n) is 21.3. The Morgan fingerprint density at radius 1 is 0.341 bits per heavy atom. The van der Waals surface area contributed by atoms with Crippen LogP contribution in [0.4, 0.5) is 41.9 Å². The second-order valence-electron chi connectivity index (χ2n) is 7.11. The van der Waals surface area contributed by atoms with Gasteiger partial charge in [0.2, 0.25) is 0 Å². The molecular formula is C29H24N4O8. The van der Waals surface area contributed by atoms with Crippen molar-refractivity contribution in [2.24, 2.45) is 0 Å². The van der Waals surface area contributed by atoms with Gasteiger partial charge in [0.05, 0.1) is 0 Å². The summed E-state index contributed by atoms with van der Waals surface area (Å²) in [6.07, 6.45) is -5.14. The van der Waals surface area contributed by atoms with E-state index in [0.29, 0.717) is 22.7 Å². The number of anilines is 4. The Kier molecular flexibility index (Phi) is 17.9. The van der Waals surface area contributed by atoms with Crippen molar-refractivity contribution in [3.05, 3.63) is 129 Å². The quantitative estimate of drug-likeness (QED) is 0.291. The number of carboxylic acid groups (broad SMARTS) is 4. The first-order valence-electron chi connectivity index (χ1n) is 11.3. The minimum atomic E-state index is -1.29. The molecule has 0 saturated heterocycles. The summed E-state index contributed by atoms with van der Waals surface area (Å²) in [4.78, 5) is 39.8. The molecule has 0 aliphatic carbocycles. The van der Waals surface area contributed by atoms with Gasteiger partial charge in [-0.2, -0.15) is 0 Å². The Balaban J connectivity index is 0.000000516. The van der Waals surface area contributed by atoms with E-state index < -0.39 is 24.4 Å². The first-order chi connectivity index (χ1) is 19.2. The number of benzene rings is 4. The fraction of sp³-hybridized carbons (Fsp3) is 0. The maximum atomic E-state index is 9.95. The molecule has 4 amide bonds. The van der Waals surface area contributed by atoms with Gasteiger partial charge >= 0.3 is 7.43 Å². The fourth-order valence-electron chi connectivity index (χ4n) is 2.56. The monoisotopic (exact) mass is 556 g/mol. The van der Waals surface area contributed by atoms with Crippen molar-refractivity contribution in [3.63, 3.8) is 0 Å². The van der Waals surface area contributed by atoms with Crippen LogP contribution in [0.1, 0.15) is 0 Å². The van der Waals surface area contributed by atoms with Crippen molar-refractivity contribution in [1.29, 1.82) is 0 Å². The molecule has 0 aromatic heterocycles. The van der Waals surface area contributed by atoms with Crippen LogP contribution in [0.2, 0.25) is 0 Å². The third-order valence-electron chi connectivity index (χ3n) is 4.08. The van der Waals surface area contributed by atoms with Crippen LogP contribution >= 0.6 is 0 Å². The molecule has 0 bridgehead atoms. The van der Waals surface area contributed by atoms with E-state index in [1.807, 2.05) is 0 Å². The van der Waals surface area contributed by atoms with Gasteiger partial charge in [-0.05, 0) is 48.5 Å². The maximum absolute atomic E-state index is 9.95. The zero-order valence-corrected chi connectivity index (χ0v) is 21.3. The Hall–Kier alpha value is -6.04. The van der Waals surface area contributed by atoms with E-state index >= 15 is 0 Å². The zero-order chi connectivity index (χ0) is 29.6. The smallest absolute Gasteiger partial charge is 0.530 e. The van der Waals surface area contributed by atoms with Crippen molar-refractivity contribution in [3.8, 4) is 0 Å². The Morgan fingerprint density at radius 2 is 0.488 bits per heavy atom. The molecule has 0 atom stereocenters. The predicted octanol–water partition coefficient (Wildman–Crippen LogP) is 1.85. The van der Waals surface area contributed by atoms with Gasteiger partial charge < -0.3 is 60.9 Å². The Bertz CT molecular complexity index is 1090. The van der Waals surface area contributed by atoms with Crippen molar-refractivity contribution in [1.82, 2.24) is 0 Å². The van der Waals surface area contributed by atoms with E-state index in [-0.39, 0.29) is 7.43 Å². The summed E-state index contributed by atoms with van der Waals surface area (Å²) in [5.74, 6) is 0. The molecule has 4 N–H and O–H groups in total. The van der Waals surface area contributed by atoms with Crippen LogP contribution in [-0.4, -0.2) is 24.4 Å². The number of hydrogen-bond acceptors (Lipinski definition) is 8. The van der Waals surface area contributed by atoms with Crippen molar-refractivity contribution >= 4 is 47.1 Å². The van der Waals surface area contributed by atoms with E-state index in [2.05, 4.69) is 21.3 Å². The van der Waals surface area contributed by atoms with E-state index in [4.69, 9.17) is 0 Å². The summed E-state index contributed by atoms with van der Waals surface area (Å²) in [6, 6.07) is 34.3. The summed E-state index contributed by atoms with van der Waals surface area (Å²) in [5, 5.41) is 48.2. The average Bonchev–Trinajstić information content (AvgIpc) is 2.91. The van der Waals surface area contributed by atoms with E-state index in [9.17, 15) is 39.6 Å². The van der Waals surface area contributed by atoms with Crippen LogP contribution in [0.25, 0.3) is 0 Å². The molecule has 41 heavy (non-hydrogen) atoms. The molecule has 12 nitrogen and oxygen atoms in total. The number of hydrogen-bond donors (Lipinski definition) is 4. The number of carbonyl (C=O) groups excluding carboxylic acids is 4. The molecule has 0 saturated carbocycles. The van der Waals surface area contributed by atoms with Crippen LogP contribution in [-0.2, 0) is 0 Å². The molecule has 12 heteroatoms. The predicted molar refractivity (Wildman–Crippen MR) is 145 cm³/mol. The van der Waals surface area contributed by atoms with Crippen LogP contribution < -0.4 is 41.7 Å². The molecule has 0 spiro atoms. The number of rotatable bonds is 4. The summed E-state index contributed by atoms with van der Waals surface area (Å²) in [7, 11) is 0. The van der Waals surface area contributed by atoms with Crippen LogP contribution in [0.15, 0.2) is 121 Å².